The summed E-state index contributed by atoms with van der Waals surface area (Å²) in [6, 6.07) is 0. The summed E-state index contributed by atoms with van der Waals surface area (Å²) in [5, 5.41) is 0. The van der Waals surface area contributed by atoms with Crippen molar-refractivity contribution in [3.05, 3.63) is 0 Å². The molecular weight excluding hydrogens is 287 g/mol. The van der Waals surface area contributed by atoms with Gasteiger partial charge in [0, 0.05) is 0 Å². The smallest absolute Gasteiger partial charge is 0.0129 e. The van der Waals surface area contributed by atoms with E-state index in [1.807, 2.05) is 0 Å². The Kier molecular flexibility index (Phi) is 10.3. The zero-order valence-corrected chi connectivity index (χ0v) is 16.7. The highest BCUT2D eigenvalue weighted by molar-refractivity contribution is 8.56. The van der Waals surface area contributed by atoms with E-state index >= 15 is 0 Å². The molecule has 0 aromatic carbocycles. The van der Waals surface area contributed by atoms with Gasteiger partial charge in [-0.05, 0) is 57.7 Å². The molecular formula is C11H29P5. The van der Waals surface area contributed by atoms with Crippen LogP contribution in [0.2, 0.25) is 0 Å². The Hall–Kier alpha value is 2.15. The highest BCUT2D eigenvalue weighted by Crippen LogP contribution is 2.76. The van der Waals surface area contributed by atoms with Crippen LogP contribution in [-0.4, -0.2) is 51.8 Å². The highest BCUT2D eigenvalue weighted by atomic mass is 32.5. The zero-order chi connectivity index (χ0) is 12.9. The first-order valence-electron chi connectivity index (χ1n) is 5.81. The van der Waals surface area contributed by atoms with Crippen LogP contribution in [0.3, 0.4) is 0 Å². The molecule has 0 aliphatic rings. The lowest BCUT2D eigenvalue weighted by Crippen LogP contribution is -2.12. The monoisotopic (exact) mass is 316 g/mol. The molecule has 4 atom stereocenters. The number of rotatable bonds is 7. The number of hydrogen-bond acceptors (Lipinski definition) is 0. The molecule has 0 heterocycles. The fraction of sp³-hybridized carbons (Fsp3) is 1.00. The summed E-state index contributed by atoms with van der Waals surface area (Å²) in [5.74, 6) is 0.901. The van der Waals surface area contributed by atoms with Gasteiger partial charge < -0.3 is 0 Å². The van der Waals surface area contributed by atoms with Crippen LogP contribution in [0.5, 0.6) is 0 Å². The fourth-order valence-electron chi connectivity index (χ4n) is 1.20. The summed E-state index contributed by atoms with van der Waals surface area (Å²) >= 11 is 0. The molecule has 0 saturated heterocycles. The van der Waals surface area contributed by atoms with Gasteiger partial charge in [-0.15, -0.1) is 0 Å². The first kappa shape index (κ1) is 18.1. The van der Waals surface area contributed by atoms with Crippen LogP contribution in [0.15, 0.2) is 0 Å². The maximum Gasteiger partial charge on any atom is -0.0129 e. The molecule has 0 radical (unpaired) electrons. The summed E-state index contributed by atoms with van der Waals surface area (Å²) in [5.41, 5.74) is 1.03. The standard InChI is InChI=1S/C11H29P5/c1-10(2)11(9-15(7)13(3)4)12-16(8)14(5)6/h10-12H,9H2,1-8H3. The molecule has 0 aromatic heterocycles. The summed E-state index contributed by atoms with van der Waals surface area (Å²) < 4.78 is 0. The minimum atomic E-state index is 0.322. The predicted octanol–water partition coefficient (Wildman–Crippen LogP) is 6.14. The molecule has 0 aliphatic heterocycles. The van der Waals surface area contributed by atoms with E-state index < -0.39 is 0 Å². The molecule has 0 bridgehead atoms. The lowest BCUT2D eigenvalue weighted by atomic mass is 10.1. The van der Waals surface area contributed by atoms with Crippen molar-refractivity contribution in [2.75, 3.05) is 46.2 Å². The van der Waals surface area contributed by atoms with Crippen molar-refractivity contribution in [1.82, 2.24) is 0 Å². The number of hydrogen-bond donors (Lipinski definition) is 0. The molecule has 0 spiro atoms. The molecule has 0 saturated carbocycles. The summed E-state index contributed by atoms with van der Waals surface area (Å²) in [6.45, 7) is 19.8. The summed E-state index contributed by atoms with van der Waals surface area (Å²) in [6.07, 6.45) is 1.54. The van der Waals surface area contributed by atoms with Crippen molar-refractivity contribution in [2.45, 2.75) is 19.5 Å². The van der Waals surface area contributed by atoms with E-state index in [-0.39, 0.29) is 0 Å². The molecule has 0 aliphatic carbocycles. The van der Waals surface area contributed by atoms with Gasteiger partial charge in [-0.1, -0.05) is 52.2 Å². The van der Waals surface area contributed by atoms with Crippen LogP contribution >= 0.6 is 38.4 Å². The lowest BCUT2D eigenvalue weighted by molar-refractivity contribution is 0.646. The van der Waals surface area contributed by atoms with Gasteiger partial charge in [-0.3, -0.25) is 0 Å². The molecule has 0 fully saturated rings. The van der Waals surface area contributed by atoms with Gasteiger partial charge >= 0.3 is 0 Å². The molecule has 0 nitrogen and oxygen atoms in total. The van der Waals surface area contributed by atoms with Gasteiger partial charge in [-0.25, -0.2) is 0 Å². The van der Waals surface area contributed by atoms with Gasteiger partial charge in [0.25, 0.3) is 0 Å². The Balaban J connectivity index is 4.28. The van der Waals surface area contributed by atoms with Crippen LogP contribution in [0.25, 0.3) is 0 Å². The third kappa shape index (κ3) is 7.56. The van der Waals surface area contributed by atoms with Gasteiger partial charge in [-0.2, -0.15) is 0 Å². The molecule has 98 valence electrons. The Labute approximate surface area is 110 Å². The van der Waals surface area contributed by atoms with E-state index in [0.29, 0.717) is 30.1 Å². The average molecular weight is 316 g/mol. The molecule has 0 N–H and O–H groups in total. The van der Waals surface area contributed by atoms with Gasteiger partial charge in [0.05, 0.1) is 0 Å². The van der Waals surface area contributed by atoms with E-state index in [0.717, 1.165) is 11.6 Å². The largest absolute Gasteiger partial charge is 0.0880 e. The molecule has 16 heavy (non-hydrogen) atoms. The minimum absolute atomic E-state index is 0.322. The second-order valence-corrected chi connectivity index (χ2v) is 24.7. The lowest BCUT2D eigenvalue weighted by Gasteiger charge is -2.30. The van der Waals surface area contributed by atoms with Crippen LogP contribution in [0, 0.1) is 5.92 Å². The van der Waals surface area contributed by atoms with Crippen molar-refractivity contribution in [3.8, 4) is 0 Å². The summed E-state index contributed by atoms with van der Waals surface area (Å²) in [7, 11) is 2.59. The predicted molar refractivity (Wildman–Crippen MR) is 95.0 cm³/mol. The summed E-state index contributed by atoms with van der Waals surface area (Å²) in [4.78, 5) is 0. The van der Waals surface area contributed by atoms with E-state index in [2.05, 4.69) is 53.8 Å². The SMILES string of the molecule is CC(C)C(CP(C)P(C)C)PP(C)P(C)C. The van der Waals surface area contributed by atoms with Crippen LogP contribution in [-0.2, 0) is 0 Å². The topological polar surface area (TPSA) is 0 Å². The van der Waals surface area contributed by atoms with Crippen molar-refractivity contribution in [3.63, 3.8) is 0 Å². The molecule has 5 heteroatoms. The van der Waals surface area contributed by atoms with Gasteiger partial charge in [0.1, 0.15) is 0 Å². The quantitative estimate of drug-likeness (QED) is 0.495. The second-order valence-electron chi connectivity index (χ2n) is 5.04. The van der Waals surface area contributed by atoms with E-state index in [9.17, 15) is 0 Å². The Bertz CT molecular complexity index is 165. The first-order valence-corrected chi connectivity index (χ1v) is 17.4. The molecule has 4 unspecified atom stereocenters. The minimum Gasteiger partial charge on any atom is -0.0880 e. The third-order valence-corrected chi connectivity index (χ3v) is 23.3. The highest BCUT2D eigenvalue weighted by Gasteiger charge is 2.21. The Morgan fingerprint density at radius 3 is 1.69 bits per heavy atom. The second kappa shape index (κ2) is 9.12. The van der Waals surface area contributed by atoms with Crippen molar-refractivity contribution in [1.29, 1.82) is 0 Å². The first-order chi connectivity index (χ1) is 7.25. The molecule has 0 rings (SSSR count). The zero-order valence-electron chi connectivity index (χ0n) is 12.2. The van der Waals surface area contributed by atoms with Gasteiger partial charge in [0.2, 0.25) is 0 Å². The normalized spacial score (nSPS) is 18.9. The van der Waals surface area contributed by atoms with E-state index in [1.165, 1.54) is 8.27 Å². The van der Waals surface area contributed by atoms with Crippen LogP contribution in [0.4, 0.5) is 0 Å². The third-order valence-electron chi connectivity index (χ3n) is 2.90. The molecule has 0 aromatic rings. The maximum atomic E-state index is 2.54. The van der Waals surface area contributed by atoms with E-state index in [4.69, 9.17) is 0 Å². The van der Waals surface area contributed by atoms with Crippen molar-refractivity contribution in [2.24, 2.45) is 5.92 Å². The van der Waals surface area contributed by atoms with Gasteiger partial charge in [0.15, 0.2) is 0 Å². The van der Waals surface area contributed by atoms with Crippen molar-refractivity contribution >= 4 is 38.4 Å². The maximum absolute atomic E-state index is 2.54. The van der Waals surface area contributed by atoms with Crippen LogP contribution in [0.1, 0.15) is 13.8 Å². The Morgan fingerprint density at radius 1 is 0.875 bits per heavy atom. The van der Waals surface area contributed by atoms with E-state index in [1.54, 1.807) is 6.16 Å². The average Bonchev–Trinajstić information content (AvgIpc) is 2.15. The Morgan fingerprint density at radius 2 is 1.38 bits per heavy atom. The molecule has 0 amide bonds. The van der Waals surface area contributed by atoms with Crippen LogP contribution < -0.4 is 0 Å². The van der Waals surface area contributed by atoms with Crippen molar-refractivity contribution < 1.29 is 0 Å². The fourth-order valence-corrected chi connectivity index (χ4v) is 13.8.